The number of hydrogen-bond acceptors (Lipinski definition) is 4. The quantitative estimate of drug-likeness (QED) is 0.803. The number of para-hydroxylation sites is 1. The van der Waals surface area contributed by atoms with Crippen molar-refractivity contribution in [3.63, 3.8) is 0 Å². The van der Waals surface area contributed by atoms with Crippen molar-refractivity contribution in [3.8, 4) is 5.75 Å². The van der Waals surface area contributed by atoms with Crippen LogP contribution in [0, 0.1) is 0 Å². The second-order valence-electron chi connectivity index (χ2n) is 7.34. The van der Waals surface area contributed by atoms with Crippen molar-refractivity contribution in [2.24, 2.45) is 0 Å². The Morgan fingerprint density at radius 3 is 2.26 bits per heavy atom. The van der Waals surface area contributed by atoms with Gasteiger partial charge >= 0.3 is 6.09 Å². The van der Waals surface area contributed by atoms with E-state index in [1.807, 2.05) is 54.6 Å². The highest BCUT2D eigenvalue weighted by molar-refractivity contribution is 5.89. The highest BCUT2D eigenvalue weighted by Crippen LogP contribution is 2.19. The number of rotatable bonds is 7. The zero-order valence-electron chi connectivity index (χ0n) is 16.3. The summed E-state index contributed by atoms with van der Waals surface area (Å²) in [5.41, 5.74) is 1.12. The molecule has 0 spiro atoms. The maximum Gasteiger partial charge on any atom is 0.408 e. The van der Waals surface area contributed by atoms with Gasteiger partial charge in [-0.15, -0.1) is 0 Å². The molecule has 2 aromatic rings. The molecule has 27 heavy (non-hydrogen) atoms. The van der Waals surface area contributed by atoms with Crippen molar-refractivity contribution in [1.29, 1.82) is 0 Å². The van der Waals surface area contributed by atoms with E-state index >= 15 is 0 Å². The smallest absolute Gasteiger partial charge is 0.408 e. The number of carbonyl (C=O) groups excluding carboxylic acids is 2. The highest BCUT2D eigenvalue weighted by Gasteiger charge is 2.25. The standard InChI is InChI=1S/C22H27NO4/c1-22(2,3)27-21(25)23-18(14-16-10-6-5-7-11-16)19(24)15-17-12-8-9-13-20(17)26-4/h5-13,18H,14-15H2,1-4H3,(H,23,25). The van der Waals surface area contributed by atoms with Crippen molar-refractivity contribution in [2.75, 3.05) is 7.11 Å². The Labute approximate surface area is 160 Å². The number of benzene rings is 2. The zero-order chi connectivity index (χ0) is 19.9. The number of hydrogen-bond donors (Lipinski definition) is 1. The first-order valence-corrected chi connectivity index (χ1v) is 8.96. The molecule has 0 fully saturated rings. The predicted octanol–water partition coefficient (Wildman–Crippen LogP) is 3.94. The summed E-state index contributed by atoms with van der Waals surface area (Å²) in [5.74, 6) is 0.552. The molecule has 0 aromatic heterocycles. The summed E-state index contributed by atoms with van der Waals surface area (Å²) in [7, 11) is 1.57. The minimum absolute atomic E-state index is 0.103. The Morgan fingerprint density at radius 1 is 1.00 bits per heavy atom. The van der Waals surface area contributed by atoms with Gasteiger partial charge in [-0.2, -0.15) is 0 Å². The van der Waals surface area contributed by atoms with Crippen molar-refractivity contribution < 1.29 is 19.1 Å². The second-order valence-corrected chi connectivity index (χ2v) is 7.34. The van der Waals surface area contributed by atoms with Gasteiger partial charge in [-0.1, -0.05) is 48.5 Å². The summed E-state index contributed by atoms with van der Waals surface area (Å²) < 4.78 is 10.7. The molecule has 0 saturated heterocycles. The molecular formula is C22H27NO4. The van der Waals surface area contributed by atoms with Crippen molar-refractivity contribution in [2.45, 2.75) is 45.3 Å². The van der Waals surface area contributed by atoms with E-state index in [-0.39, 0.29) is 12.2 Å². The van der Waals surface area contributed by atoms with E-state index in [1.54, 1.807) is 27.9 Å². The Bertz CT molecular complexity index is 765. The van der Waals surface area contributed by atoms with Crippen LogP contribution < -0.4 is 10.1 Å². The van der Waals surface area contributed by atoms with Gasteiger partial charge in [-0.05, 0) is 38.8 Å². The van der Waals surface area contributed by atoms with Crippen molar-refractivity contribution in [3.05, 3.63) is 65.7 Å². The van der Waals surface area contributed by atoms with Crippen molar-refractivity contribution >= 4 is 11.9 Å². The lowest BCUT2D eigenvalue weighted by atomic mass is 9.97. The number of carbonyl (C=O) groups is 2. The van der Waals surface area contributed by atoms with Crippen LogP contribution in [0.4, 0.5) is 4.79 Å². The van der Waals surface area contributed by atoms with Crippen LogP contribution in [0.3, 0.4) is 0 Å². The molecule has 0 saturated carbocycles. The largest absolute Gasteiger partial charge is 0.496 e. The SMILES string of the molecule is COc1ccccc1CC(=O)C(Cc1ccccc1)NC(=O)OC(C)(C)C. The maximum absolute atomic E-state index is 13.0. The van der Waals surface area contributed by atoms with E-state index in [9.17, 15) is 9.59 Å². The van der Waals surface area contributed by atoms with Crippen molar-refractivity contribution in [1.82, 2.24) is 5.32 Å². The minimum Gasteiger partial charge on any atom is -0.496 e. The fourth-order valence-electron chi connectivity index (χ4n) is 2.70. The van der Waals surface area contributed by atoms with Gasteiger partial charge < -0.3 is 14.8 Å². The van der Waals surface area contributed by atoms with Gasteiger partial charge in [0.05, 0.1) is 13.2 Å². The monoisotopic (exact) mass is 369 g/mol. The number of amides is 1. The molecule has 0 aliphatic heterocycles. The first-order valence-electron chi connectivity index (χ1n) is 8.96. The number of methoxy groups -OCH3 is 1. The summed E-state index contributed by atoms with van der Waals surface area (Å²) in [4.78, 5) is 25.2. The maximum atomic E-state index is 13.0. The summed E-state index contributed by atoms with van der Waals surface area (Å²) in [6, 6.07) is 16.3. The molecule has 0 heterocycles. The summed E-state index contributed by atoms with van der Waals surface area (Å²) >= 11 is 0. The van der Waals surface area contributed by atoms with Gasteiger partial charge in [0.15, 0.2) is 5.78 Å². The molecule has 0 aliphatic carbocycles. The summed E-state index contributed by atoms with van der Waals surface area (Å²) in [6.07, 6.45) is -0.0393. The molecule has 2 rings (SSSR count). The first kappa shape index (κ1) is 20.5. The molecule has 1 unspecified atom stereocenters. The van der Waals surface area contributed by atoms with E-state index in [2.05, 4.69) is 5.32 Å². The van der Waals surface area contributed by atoms with Gasteiger partial charge in [0.25, 0.3) is 0 Å². The van der Waals surface area contributed by atoms with Crippen LogP contribution in [-0.2, 0) is 22.4 Å². The van der Waals surface area contributed by atoms with E-state index in [0.717, 1.165) is 11.1 Å². The average Bonchev–Trinajstić information content (AvgIpc) is 2.61. The van der Waals surface area contributed by atoms with Crippen LogP contribution in [0.25, 0.3) is 0 Å². The van der Waals surface area contributed by atoms with E-state index in [0.29, 0.717) is 12.2 Å². The van der Waals surface area contributed by atoms with Crippen LogP contribution in [0.15, 0.2) is 54.6 Å². The third kappa shape index (κ3) is 6.77. The predicted molar refractivity (Wildman–Crippen MR) is 105 cm³/mol. The van der Waals surface area contributed by atoms with E-state index in [4.69, 9.17) is 9.47 Å². The van der Waals surface area contributed by atoms with Gasteiger partial charge in [0.2, 0.25) is 0 Å². The summed E-state index contributed by atoms with van der Waals surface area (Å²) in [6.45, 7) is 5.36. The topological polar surface area (TPSA) is 64.6 Å². The first-order chi connectivity index (χ1) is 12.8. The number of ether oxygens (including phenoxy) is 2. The molecule has 144 valence electrons. The zero-order valence-corrected chi connectivity index (χ0v) is 16.3. The molecule has 1 N–H and O–H groups in total. The third-order valence-corrected chi connectivity index (χ3v) is 3.92. The van der Waals surface area contributed by atoms with Gasteiger partial charge in [0, 0.05) is 12.0 Å². The Hall–Kier alpha value is -2.82. The van der Waals surface area contributed by atoms with Crippen LogP contribution in [0.1, 0.15) is 31.9 Å². The van der Waals surface area contributed by atoms with Crippen LogP contribution in [0.2, 0.25) is 0 Å². The fraction of sp³-hybridized carbons (Fsp3) is 0.364. The number of ketones is 1. The molecule has 0 bridgehead atoms. The van der Waals surface area contributed by atoms with E-state index in [1.165, 1.54) is 0 Å². The van der Waals surface area contributed by atoms with Crippen LogP contribution in [0.5, 0.6) is 5.75 Å². The highest BCUT2D eigenvalue weighted by atomic mass is 16.6. The second kappa shape index (κ2) is 9.21. The third-order valence-electron chi connectivity index (χ3n) is 3.92. The molecule has 0 aliphatic rings. The number of Topliss-reactive ketones (excluding diaryl/α,β-unsaturated/α-hetero) is 1. The normalized spacial score (nSPS) is 12.1. The lowest BCUT2D eigenvalue weighted by Gasteiger charge is -2.23. The minimum atomic E-state index is -0.688. The van der Waals surface area contributed by atoms with Gasteiger partial charge in [-0.25, -0.2) is 4.79 Å². The molecule has 5 heteroatoms. The van der Waals surface area contributed by atoms with E-state index < -0.39 is 17.7 Å². The molecule has 1 atom stereocenters. The average molecular weight is 369 g/mol. The van der Waals surface area contributed by atoms with Gasteiger partial charge in [-0.3, -0.25) is 4.79 Å². The number of nitrogens with one attached hydrogen (secondary N) is 1. The Morgan fingerprint density at radius 2 is 1.63 bits per heavy atom. The fourth-order valence-corrected chi connectivity index (χ4v) is 2.70. The molecule has 5 nitrogen and oxygen atoms in total. The molecule has 2 aromatic carbocycles. The summed E-state index contributed by atoms with van der Waals surface area (Å²) in [5, 5.41) is 2.73. The molecule has 0 radical (unpaired) electrons. The molecular weight excluding hydrogens is 342 g/mol. The lowest BCUT2D eigenvalue weighted by molar-refractivity contribution is -0.120. The number of alkyl carbamates (subject to hydrolysis) is 1. The van der Waals surface area contributed by atoms with Crippen LogP contribution in [-0.4, -0.2) is 30.6 Å². The Balaban J connectivity index is 2.17. The molecule has 1 amide bonds. The lowest BCUT2D eigenvalue weighted by Crippen LogP contribution is -2.45. The van der Waals surface area contributed by atoms with Crippen LogP contribution >= 0.6 is 0 Å². The Kier molecular flexibility index (Phi) is 6.99. The van der Waals surface area contributed by atoms with Gasteiger partial charge in [0.1, 0.15) is 11.4 Å².